The van der Waals surface area contributed by atoms with Gasteiger partial charge in [-0.15, -0.1) is 10.2 Å². The number of aromatic hydroxyl groups is 1. The number of rotatable bonds is 5. The molecular formula is C31H38N8O3. The maximum atomic E-state index is 11.3. The third-order valence-electron chi connectivity index (χ3n) is 9.75. The first-order chi connectivity index (χ1) is 20.5. The van der Waals surface area contributed by atoms with E-state index in [1.165, 1.54) is 0 Å². The van der Waals surface area contributed by atoms with Gasteiger partial charge in [0.15, 0.2) is 5.82 Å². The average molecular weight is 571 g/mol. The van der Waals surface area contributed by atoms with E-state index in [0.717, 1.165) is 101 Å². The van der Waals surface area contributed by atoms with E-state index in [4.69, 9.17) is 9.97 Å². The molecule has 4 aliphatic rings. The Hall–Kier alpha value is -3.99. The zero-order chi connectivity index (χ0) is 28.6. The summed E-state index contributed by atoms with van der Waals surface area (Å²) in [5.41, 5.74) is 3.58. The van der Waals surface area contributed by atoms with Crippen molar-refractivity contribution in [3.8, 4) is 17.0 Å². The minimum atomic E-state index is -0.666. The summed E-state index contributed by atoms with van der Waals surface area (Å²) < 4.78 is 0. The fourth-order valence-electron chi connectivity index (χ4n) is 7.28. The number of carboxylic acids is 1. The van der Waals surface area contributed by atoms with Crippen LogP contribution in [0.2, 0.25) is 0 Å². The summed E-state index contributed by atoms with van der Waals surface area (Å²) in [6, 6.07) is 10.2. The first-order valence-corrected chi connectivity index (χ1v) is 15.2. The van der Waals surface area contributed by atoms with Gasteiger partial charge < -0.3 is 25.3 Å². The fraction of sp³-hybridized carbons (Fsp3) is 0.516. The quantitative estimate of drug-likeness (QED) is 0.416. The van der Waals surface area contributed by atoms with Crippen molar-refractivity contribution in [3.05, 3.63) is 48.3 Å². The molecule has 0 amide bonds. The maximum Gasteiger partial charge on any atom is 0.306 e. The van der Waals surface area contributed by atoms with Crippen LogP contribution in [0.3, 0.4) is 0 Å². The lowest BCUT2D eigenvalue weighted by molar-refractivity contribution is -0.142. The molecule has 11 nitrogen and oxygen atoms in total. The molecule has 1 atom stereocenters. The molecule has 3 aliphatic heterocycles. The molecule has 0 radical (unpaired) electrons. The van der Waals surface area contributed by atoms with Crippen LogP contribution in [0, 0.1) is 5.92 Å². The molecular weight excluding hydrogens is 532 g/mol. The standard InChI is InChI=1S/C31H38N8O3/c40-28-4-2-1-3-25(28)26-15-27-29(36-35-26)32-18-24-19-38(13-14-39(24)27)23-9-11-37(12-10-23)31-33-16-22(17-34-31)20-5-7-21(8-6-20)30(41)42/h1-4,15-17,20-21,23-24,40H,5-14,18-19H2,(H,32,36)(H,41,42)/t20?,21?,24-/m0/s1. The summed E-state index contributed by atoms with van der Waals surface area (Å²) in [5, 5.41) is 31.9. The molecule has 7 rings (SSSR count). The molecule has 3 aromatic rings. The predicted octanol–water partition coefficient (Wildman–Crippen LogP) is 3.58. The van der Waals surface area contributed by atoms with Gasteiger partial charge in [-0.05, 0) is 68.2 Å². The van der Waals surface area contributed by atoms with Crippen molar-refractivity contribution in [3.63, 3.8) is 0 Å². The van der Waals surface area contributed by atoms with E-state index in [0.29, 0.717) is 29.3 Å². The molecule has 3 N–H and O–H groups in total. The van der Waals surface area contributed by atoms with Crippen LogP contribution < -0.4 is 15.1 Å². The Labute approximate surface area is 245 Å². The second-order valence-electron chi connectivity index (χ2n) is 12.1. The molecule has 0 bridgehead atoms. The zero-order valence-electron chi connectivity index (χ0n) is 23.8. The number of aromatic nitrogens is 4. The van der Waals surface area contributed by atoms with Gasteiger partial charge in [0, 0.05) is 63.3 Å². The van der Waals surface area contributed by atoms with E-state index in [1.807, 2.05) is 30.6 Å². The molecule has 11 heteroatoms. The summed E-state index contributed by atoms with van der Waals surface area (Å²) in [4.78, 5) is 28.1. The lowest BCUT2D eigenvalue weighted by Gasteiger charge is -2.49. The molecule has 3 fully saturated rings. The number of phenolic OH excluding ortho intramolecular Hbond substituents is 1. The molecule has 220 valence electrons. The van der Waals surface area contributed by atoms with Crippen molar-refractivity contribution < 1.29 is 15.0 Å². The maximum absolute atomic E-state index is 11.3. The largest absolute Gasteiger partial charge is 0.507 e. The van der Waals surface area contributed by atoms with Crippen LogP contribution in [0.15, 0.2) is 42.7 Å². The number of para-hydroxylation sites is 1. The van der Waals surface area contributed by atoms with Crippen LogP contribution in [-0.2, 0) is 4.79 Å². The van der Waals surface area contributed by atoms with E-state index in [-0.39, 0.29) is 11.7 Å². The van der Waals surface area contributed by atoms with Crippen LogP contribution in [0.1, 0.15) is 50.0 Å². The number of fused-ring (bicyclic) bond motifs is 3. The van der Waals surface area contributed by atoms with E-state index in [9.17, 15) is 15.0 Å². The van der Waals surface area contributed by atoms with Gasteiger partial charge in [-0.1, -0.05) is 12.1 Å². The van der Waals surface area contributed by atoms with Crippen LogP contribution in [0.5, 0.6) is 5.75 Å². The van der Waals surface area contributed by atoms with Crippen molar-refractivity contribution in [2.24, 2.45) is 5.92 Å². The molecule has 2 aromatic heterocycles. The number of piperazine rings is 1. The Kier molecular flexibility index (Phi) is 7.27. The highest BCUT2D eigenvalue weighted by Gasteiger charge is 2.36. The number of nitrogens with zero attached hydrogens (tertiary/aromatic N) is 7. The SMILES string of the molecule is O=C(O)C1CCC(c2cnc(N3CCC(N4CCN5c6cc(-c7ccccc7O)nnc6NC[C@H]5C4)CC3)nc2)CC1. The Morgan fingerprint density at radius 2 is 1.67 bits per heavy atom. The van der Waals surface area contributed by atoms with Crippen LogP contribution in [-0.4, -0.2) is 92.6 Å². The van der Waals surface area contributed by atoms with Crippen molar-refractivity contribution in [2.75, 3.05) is 54.4 Å². The zero-order valence-corrected chi connectivity index (χ0v) is 23.8. The molecule has 1 aliphatic carbocycles. The third kappa shape index (κ3) is 5.21. The fourth-order valence-corrected chi connectivity index (χ4v) is 7.28. The number of carbonyl (C=O) groups is 1. The minimum Gasteiger partial charge on any atom is -0.507 e. The van der Waals surface area contributed by atoms with Gasteiger partial charge in [0.2, 0.25) is 5.95 Å². The Morgan fingerprint density at radius 3 is 2.40 bits per heavy atom. The second-order valence-corrected chi connectivity index (χ2v) is 12.1. The number of anilines is 3. The topological polar surface area (TPSA) is 131 Å². The van der Waals surface area contributed by atoms with Crippen molar-refractivity contribution in [1.29, 1.82) is 0 Å². The highest BCUT2D eigenvalue weighted by atomic mass is 16.4. The van der Waals surface area contributed by atoms with Crippen molar-refractivity contribution in [1.82, 2.24) is 25.1 Å². The van der Waals surface area contributed by atoms with E-state index in [1.54, 1.807) is 6.07 Å². The lowest BCUT2D eigenvalue weighted by Crippen LogP contribution is -2.61. The molecule has 1 saturated carbocycles. The number of hydrogen-bond donors (Lipinski definition) is 3. The van der Waals surface area contributed by atoms with Gasteiger partial charge >= 0.3 is 5.97 Å². The van der Waals surface area contributed by atoms with E-state index >= 15 is 0 Å². The van der Waals surface area contributed by atoms with Crippen LogP contribution in [0.4, 0.5) is 17.5 Å². The summed E-state index contributed by atoms with van der Waals surface area (Å²) in [7, 11) is 0. The molecule has 5 heterocycles. The van der Waals surface area contributed by atoms with Crippen molar-refractivity contribution >= 4 is 23.4 Å². The Morgan fingerprint density at radius 1 is 0.905 bits per heavy atom. The Bertz CT molecular complexity index is 1420. The second kappa shape index (κ2) is 11.4. The van der Waals surface area contributed by atoms with E-state index < -0.39 is 5.97 Å². The first-order valence-electron chi connectivity index (χ1n) is 15.2. The first kappa shape index (κ1) is 26.9. The number of nitrogens with one attached hydrogen (secondary N) is 1. The molecule has 2 saturated heterocycles. The van der Waals surface area contributed by atoms with Gasteiger partial charge in [-0.2, -0.15) is 0 Å². The number of phenols is 1. The minimum absolute atomic E-state index is 0.201. The van der Waals surface area contributed by atoms with E-state index in [2.05, 4.69) is 36.3 Å². The van der Waals surface area contributed by atoms with Gasteiger partial charge in [0.05, 0.1) is 23.3 Å². The van der Waals surface area contributed by atoms with Crippen molar-refractivity contribution in [2.45, 2.75) is 56.5 Å². The highest BCUT2D eigenvalue weighted by molar-refractivity contribution is 5.76. The summed E-state index contributed by atoms with van der Waals surface area (Å²) >= 11 is 0. The smallest absolute Gasteiger partial charge is 0.306 e. The molecule has 1 aromatic carbocycles. The summed E-state index contributed by atoms with van der Waals surface area (Å²) in [6.45, 7) is 5.67. The molecule has 42 heavy (non-hydrogen) atoms. The molecule has 0 spiro atoms. The highest BCUT2D eigenvalue weighted by Crippen LogP contribution is 2.37. The van der Waals surface area contributed by atoms with Crippen LogP contribution in [0.25, 0.3) is 11.3 Å². The average Bonchev–Trinajstić information content (AvgIpc) is 3.04. The summed E-state index contributed by atoms with van der Waals surface area (Å²) in [6.07, 6.45) is 9.36. The number of carboxylic acid groups (broad SMARTS) is 1. The number of aliphatic carboxylic acids is 1. The monoisotopic (exact) mass is 570 g/mol. The number of hydrogen-bond acceptors (Lipinski definition) is 10. The number of piperidine rings is 1. The van der Waals surface area contributed by atoms with Gasteiger partial charge in [0.25, 0.3) is 0 Å². The lowest BCUT2D eigenvalue weighted by atomic mass is 9.79. The Balaban J connectivity index is 0.943. The van der Waals surface area contributed by atoms with Gasteiger partial charge in [0.1, 0.15) is 5.75 Å². The molecule has 0 unspecified atom stereocenters. The van der Waals surface area contributed by atoms with Gasteiger partial charge in [-0.25, -0.2) is 9.97 Å². The normalized spacial score (nSPS) is 24.9. The number of benzene rings is 1. The third-order valence-corrected chi connectivity index (χ3v) is 9.75. The van der Waals surface area contributed by atoms with Gasteiger partial charge in [-0.3, -0.25) is 9.69 Å². The van der Waals surface area contributed by atoms with Crippen LogP contribution >= 0.6 is 0 Å². The summed E-state index contributed by atoms with van der Waals surface area (Å²) in [5.74, 6) is 1.32. The predicted molar refractivity (Wildman–Crippen MR) is 160 cm³/mol.